The van der Waals surface area contributed by atoms with Crippen LogP contribution in [0.15, 0.2) is 24.8 Å². The van der Waals surface area contributed by atoms with E-state index in [-0.39, 0.29) is 5.82 Å². The molecular formula is C16H22N4O4. The maximum absolute atomic E-state index is 12.5. The van der Waals surface area contributed by atoms with Crippen molar-refractivity contribution in [1.82, 2.24) is 14.4 Å². The number of imide groups is 1. The minimum Gasteiger partial charge on any atom is -0.443 e. The summed E-state index contributed by atoms with van der Waals surface area (Å²) in [5.74, 6) is 0.0870. The SMILES string of the molecule is CC(C)(C)OC(=O)N(C(=O)OC(C)(C)C)c1cn2ccnc2cn1. The number of imidazole rings is 1. The number of carbonyl (C=O) groups is 2. The van der Waals surface area contributed by atoms with E-state index < -0.39 is 23.4 Å². The minimum absolute atomic E-state index is 0.0870. The summed E-state index contributed by atoms with van der Waals surface area (Å²) in [6, 6.07) is 0. The molecule has 0 bridgehead atoms. The molecule has 0 aliphatic rings. The Balaban J connectivity index is 2.40. The highest BCUT2D eigenvalue weighted by molar-refractivity contribution is 6.08. The molecule has 8 heteroatoms. The summed E-state index contributed by atoms with van der Waals surface area (Å²) in [5.41, 5.74) is -0.945. The third-order valence-electron chi connectivity index (χ3n) is 2.65. The van der Waals surface area contributed by atoms with E-state index in [4.69, 9.17) is 9.47 Å². The zero-order chi connectivity index (χ0) is 18.1. The highest BCUT2D eigenvalue weighted by Gasteiger charge is 2.33. The Morgan fingerprint density at radius 3 is 2.04 bits per heavy atom. The predicted molar refractivity (Wildman–Crippen MR) is 87.9 cm³/mol. The van der Waals surface area contributed by atoms with E-state index in [0.29, 0.717) is 5.65 Å². The molecule has 0 fully saturated rings. The van der Waals surface area contributed by atoms with Crippen molar-refractivity contribution < 1.29 is 19.1 Å². The summed E-state index contributed by atoms with van der Waals surface area (Å²) >= 11 is 0. The first kappa shape index (κ1) is 17.7. The quantitative estimate of drug-likeness (QED) is 0.794. The van der Waals surface area contributed by atoms with Gasteiger partial charge in [0.15, 0.2) is 11.5 Å². The van der Waals surface area contributed by atoms with Gasteiger partial charge in [0.05, 0.1) is 12.4 Å². The normalized spacial score (nSPS) is 12.1. The van der Waals surface area contributed by atoms with Gasteiger partial charge in [0.25, 0.3) is 0 Å². The van der Waals surface area contributed by atoms with Gasteiger partial charge < -0.3 is 13.9 Å². The number of anilines is 1. The van der Waals surface area contributed by atoms with Crippen LogP contribution in [0.1, 0.15) is 41.5 Å². The monoisotopic (exact) mass is 334 g/mol. The maximum atomic E-state index is 12.5. The highest BCUT2D eigenvalue weighted by atomic mass is 16.6. The molecule has 8 nitrogen and oxygen atoms in total. The number of hydrogen-bond donors (Lipinski definition) is 0. The summed E-state index contributed by atoms with van der Waals surface area (Å²) in [7, 11) is 0. The summed E-state index contributed by atoms with van der Waals surface area (Å²) in [5, 5.41) is 0. The molecule has 2 aromatic heterocycles. The van der Waals surface area contributed by atoms with Gasteiger partial charge in [-0.3, -0.25) is 0 Å². The van der Waals surface area contributed by atoms with Crippen molar-refractivity contribution in [2.45, 2.75) is 52.7 Å². The van der Waals surface area contributed by atoms with Gasteiger partial charge in [-0.1, -0.05) is 0 Å². The topological polar surface area (TPSA) is 86.0 Å². The Hall–Kier alpha value is -2.64. The average Bonchev–Trinajstić information content (AvgIpc) is 2.81. The Bertz CT molecular complexity index is 727. The van der Waals surface area contributed by atoms with E-state index in [1.54, 1.807) is 58.3 Å². The third kappa shape index (κ3) is 4.43. The van der Waals surface area contributed by atoms with Gasteiger partial charge in [-0.2, -0.15) is 4.90 Å². The van der Waals surface area contributed by atoms with Crippen LogP contribution in [0.3, 0.4) is 0 Å². The molecule has 0 spiro atoms. The van der Waals surface area contributed by atoms with E-state index in [0.717, 1.165) is 4.90 Å². The fraction of sp³-hybridized carbons (Fsp3) is 0.500. The second-order valence-electron chi connectivity index (χ2n) is 7.23. The summed E-state index contributed by atoms with van der Waals surface area (Å²) < 4.78 is 12.3. The van der Waals surface area contributed by atoms with E-state index in [1.165, 1.54) is 12.4 Å². The lowest BCUT2D eigenvalue weighted by Crippen LogP contribution is -2.44. The van der Waals surface area contributed by atoms with E-state index >= 15 is 0 Å². The number of nitrogens with zero attached hydrogens (tertiary/aromatic N) is 4. The smallest absolute Gasteiger partial charge is 0.425 e. The van der Waals surface area contributed by atoms with Crippen LogP contribution in [0.4, 0.5) is 15.4 Å². The average molecular weight is 334 g/mol. The standard InChI is InChI=1S/C16H22N4O4/c1-15(2,3)23-13(21)20(14(22)24-16(4,5)6)12-10-19-8-7-17-11(19)9-18-12/h7-10H,1-6H3. The Labute approximate surface area is 140 Å². The molecule has 0 unspecified atom stereocenters. The molecule has 0 radical (unpaired) electrons. The van der Waals surface area contributed by atoms with Crippen LogP contribution in [0.2, 0.25) is 0 Å². The molecule has 2 amide bonds. The number of fused-ring (bicyclic) bond motifs is 1. The van der Waals surface area contributed by atoms with Gasteiger partial charge in [-0.15, -0.1) is 0 Å². The van der Waals surface area contributed by atoms with Crippen molar-refractivity contribution >= 4 is 23.7 Å². The summed E-state index contributed by atoms with van der Waals surface area (Å²) in [4.78, 5) is 34.0. The second-order valence-corrected chi connectivity index (χ2v) is 7.23. The lowest BCUT2D eigenvalue weighted by molar-refractivity contribution is 0.0429. The van der Waals surface area contributed by atoms with Crippen LogP contribution in [-0.4, -0.2) is 37.8 Å². The molecule has 0 aliphatic carbocycles. The Kier molecular flexibility index (Phi) is 4.50. The number of amides is 2. The highest BCUT2D eigenvalue weighted by Crippen LogP contribution is 2.20. The Morgan fingerprint density at radius 2 is 1.54 bits per heavy atom. The second kappa shape index (κ2) is 6.10. The van der Waals surface area contributed by atoms with Crippen LogP contribution in [0, 0.1) is 0 Å². The zero-order valence-electron chi connectivity index (χ0n) is 14.7. The molecule has 2 heterocycles. The van der Waals surface area contributed by atoms with Gasteiger partial charge in [0.2, 0.25) is 0 Å². The Morgan fingerprint density at radius 1 is 1.00 bits per heavy atom. The summed E-state index contributed by atoms with van der Waals surface area (Å²) in [6.07, 6.45) is 4.52. The van der Waals surface area contributed by atoms with Crippen molar-refractivity contribution in [3.8, 4) is 0 Å². The lowest BCUT2D eigenvalue weighted by atomic mass is 10.2. The number of carbonyl (C=O) groups excluding carboxylic acids is 2. The molecule has 130 valence electrons. The van der Waals surface area contributed by atoms with E-state index in [1.807, 2.05) is 0 Å². The fourth-order valence-corrected chi connectivity index (χ4v) is 1.81. The lowest BCUT2D eigenvalue weighted by Gasteiger charge is -2.27. The largest absolute Gasteiger partial charge is 0.443 e. The van der Waals surface area contributed by atoms with Crippen LogP contribution in [0.5, 0.6) is 0 Å². The molecule has 0 aromatic carbocycles. The van der Waals surface area contributed by atoms with Gasteiger partial charge in [0, 0.05) is 12.4 Å². The molecule has 0 aliphatic heterocycles. The van der Waals surface area contributed by atoms with Gasteiger partial charge in [0.1, 0.15) is 11.2 Å². The molecule has 24 heavy (non-hydrogen) atoms. The van der Waals surface area contributed by atoms with Crippen molar-refractivity contribution in [1.29, 1.82) is 0 Å². The van der Waals surface area contributed by atoms with Crippen molar-refractivity contribution in [3.05, 3.63) is 24.8 Å². The number of aromatic nitrogens is 3. The zero-order valence-corrected chi connectivity index (χ0v) is 14.7. The van der Waals surface area contributed by atoms with Crippen LogP contribution in [0.25, 0.3) is 5.65 Å². The van der Waals surface area contributed by atoms with Crippen molar-refractivity contribution in [3.63, 3.8) is 0 Å². The molecule has 0 saturated carbocycles. The molecule has 2 aromatic rings. The van der Waals surface area contributed by atoms with E-state index in [2.05, 4.69) is 9.97 Å². The first-order valence-corrected chi connectivity index (χ1v) is 7.51. The van der Waals surface area contributed by atoms with Crippen molar-refractivity contribution in [2.75, 3.05) is 4.90 Å². The fourth-order valence-electron chi connectivity index (χ4n) is 1.81. The predicted octanol–water partition coefficient (Wildman–Crippen LogP) is 3.41. The van der Waals surface area contributed by atoms with Crippen LogP contribution in [-0.2, 0) is 9.47 Å². The summed E-state index contributed by atoms with van der Waals surface area (Å²) in [6.45, 7) is 10.3. The van der Waals surface area contributed by atoms with Crippen molar-refractivity contribution in [2.24, 2.45) is 0 Å². The van der Waals surface area contributed by atoms with Crippen LogP contribution < -0.4 is 4.90 Å². The number of hydrogen-bond acceptors (Lipinski definition) is 6. The minimum atomic E-state index is -0.858. The number of ether oxygens (including phenoxy) is 2. The van der Waals surface area contributed by atoms with E-state index in [9.17, 15) is 9.59 Å². The molecule has 0 N–H and O–H groups in total. The van der Waals surface area contributed by atoms with Gasteiger partial charge >= 0.3 is 12.2 Å². The molecule has 0 atom stereocenters. The van der Waals surface area contributed by atoms with Gasteiger partial charge in [-0.05, 0) is 41.5 Å². The number of rotatable bonds is 1. The van der Waals surface area contributed by atoms with Crippen LogP contribution >= 0.6 is 0 Å². The maximum Gasteiger partial charge on any atom is 0.425 e. The first-order valence-electron chi connectivity index (χ1n) is 7.51. The molecular weight excluding hydrogens is 312 g/mol. The third-order valence-corrected chi connectivity index (χ3v) is 2.65. The first-order chi connectivity index (χ1) is 11.0. The molecule has 0 saturated heterocycles. The molecule has 2 rings (SSSR count). The van der Waals surface area contributed by atoms with Gasteiger partial charge in [-0.25, -0.2) is 19.6 Å².